The summed E-state index contributed by atoms with van der Waals surface area (Å²) in [5.41, 5.74) is 0.315. The highest BCUT2D eigenvalue weighted by atomic mass is 35.5. The highest BCUT2D eigenvalue weighted by molar-refractivity contribution is 6.33. The summed E-state index contributed by atoms with van der Waals surface area (Å²) < 4.78 is 6.73. The van der Waals surface area contributed by atoms with Crippen molar-refractivity contribution in [1.29, 1.82) is 0 Å². The molecule has 1 N–H and O–H groups in total. The van der Waals surface area contributed by atoms with E-state index in [2.05, 4.69) is 10.1 Å². The number of carbonyl (C=O) groups excluding carboxylic acids is 1. The molecule has 0 aliphatic carbocycles. The molecule has 146 valence electrons. The number of rotatable bonds is 3. The Morgan fingerprint density at radius 3 is 2.43 bits per heavy atom. The molecule has 0 bridgehead atoms. The zero-order valence-electron chi connectivity index (χ0n) is 15.8. The van der Waals surface area contributed by atoms with Crippen LogP contribution in [0.3, 0.4) is 0 Å². The SMILES string of the molecule is CN(C(=O)OC(C)(C)C)c1c(-c2ccccc2)c(Cl)nc2c(C(=O)O)cnn12. The first kappa shape index (κ1) is 19.6. The van der Waals surface area contributed by atoms with Crippen LogP contribution in [0.5, 0.6) is 0 Å². The lowest BCUT2D eigenvalue weighted by atomic mass is 10.1. The number of benzene rings is 1. The van der Waals surface area contributed by atoms with Crippen molar-refractivity contribution in [2.24, 2.45) is 0 Å². The number of hydrogen-bond acceptors (Lipinski definition) is 5. The normalized spacial score (nSPS) is 11.5. The van der Waals surface area contributed by atoms with E-state index in [0.717, 1.165) is 0 Å². The molecule has 0 radical (unpaired) electrons. The first-order valence-electron chi connectivity index (χ1n) is 8.43. The van der Waals surface area contributed by atoms with Crippen molar-refractivity contribution < 1.29 is 19.4 Å². The molecule has 0 atom stereocenters. The molecule has 0 saturated carbocycles. The van der Waals surface area contributed by atoms with Crippen LogP contribution in [0.25, 0.3) is 16.8 Å². The van der Waals surface area contributed by atoms with Gasteiger partial charge in [0.25, 0.3) is 0 Å². The van der Waals surface area contributed by atoms with E-state index in [9.17, 15) is 14.7 Å². The zero-order valence-corrected chi connectivity index (χ0v) is 16.6. The molecule has 0 aliphatic heterocycles. The summed E-state index contributed by atoms with van der Waals surface area (Å²) in [4.78, 5) is 29.7. The Bertz CT molecular complexity index is 1060. The average Bonchev–Trinajstić information content (AvgIpc) is 3.02. The van der Waals surface area contributed by atoms with Gasteiger partial charge in [0.2, 0.25) is 0 Å². The minimum absolute atomic E-state index is 0.0302. The van der Waals surface area contributed by atoms with Gasteiger partial charge in [-0.05, 0) is 26.3 Å². The monoisotopic (exact) mass is 402 g/mol. The van der Waals surface area contributed by atoms with Crippen LogP contribution in [0, 0.1) is 0 Å². The van der Waals surface area contributed by atoms with E-state index in [1.165, 1.54) is 22.7 Å². The zero-order chi connectivity index (χ0) is 20.6. The van der Waals surface area contributed by atoms with Crippen LogP contribution >= 0.6 is 11.6 Å². The van der Waals surface area contributed by atoms with Gasteiger partial charge in [-0.25, -0.2) is 14.6 Å². The number of anilines is 1. The number of aromatic carboxylic acids is 1. The van der Waals surface area contributed by atoms with Gasteiger partial charge in [-0.3, -0.25) is 4.90 Å². The number of hydrogen-bond donors (Lipinski definition) is 1. The van der Waals surface area contributed by atoms with Gasteiger partial charge in [0.05, 0.1) is 11.8 Å². The first-order chi connectivity index (χ1) is 13.1. The van der Waals surface area contributed by atoms with Gasteiger partial charge in [0.15, 0.2) is 11.5 Å². The van der Waals surface area contributed by atoms with E-state index in [-0.39, 0.29) is 22.2 Å². The maximum absolute atomic E-state index is 12.7. The third kappa shape index (κ3) is 3.63. The number of halogens is 1. The molecule has 3 rings (SSSR count). The Balaban J connectivity index is 2.30. The molecular weight excluding hydrogens is 384 g/mol. The second kappa shape index (κ2) is 7.12. The summed E-state index contributed by atoms with van der Waals surface area (Å²) in [5, 5.41) is 13.6. The predicted molar refractivity (Wildman–Crippen MR) is 105 cm³/mol. The number of aromatic nitrogens is 3. The Labute approximate surface area is 166 Å². The fraction of sp³-hybridized carbons (Fsp3) is 0.263. The van der Waals surface area contributed by atoms with Crippen LogP contribution in [0.4, 0.5) is 10.6 Å². The van der Waals surface area contributed by atoms with Gasteiger partial charge in [-0.1, -0.05) is 41.9 Å². The summed E-state index contributed by atoms with van der Waals surface area (Å²) in [6, 6.07) is 9.10. The van der Waals surface area contributed by atoms with E-state index < -0.39 is 17.7 Å². The maximum atomic E-state index is 12.7. The minimum Gasteiger partial charge on any atom is -0.477 e. The van der Waals surface area contributed by atoms with Gasteiger partial charge in [-0.2, -0.15) is 9.61 Å². The quantitative estimate of drug-likeness (QED) is 0.662. The van der Waals surface area contributed by atoms with Crippen molar-refractivity contribution in [1.82, 2.24) is 14.6 Å². The number of carboxylic acids is 1. The van der Waals surface area contributed by atoms with Crippen LogP contribution in [0.2, 0.25) is 5.15 Å². The summed E-state index contributed by atoms with van der Waals surface area (Å²) in [6.07, 6.45) is 0.531. The molecule has 1 amide bonds. The highest BCUT2D eigenvalue weighted by Gasteiger charge is 2.28. The summed E-state index contributed by atoms with van der Waals surface area (Å²) in [5.74, 6) is -0.945. The lowest BCUT2D eigenvalue weighted by Gasteiger charge is -2.26. The third-order valence-corrected chi connectivity index (χ3v) is 4.13. The van der Waals surface area contributed by atoms with Crippen LogP contribution in [-0.2, 0) is 4.74 Å². The van der Waals surface area contributed by atoms with Gasteiger partial charge in [0, 0.05) is 7.05 Å². The van der Waals surface area contributed by atoms with Gasteiger partial charge in [-0.15, -0.1) is 0 Å². The van der Waals surface area contributed by atoms with Crippen LogP contribution in [0.1, 0.15) is 31.1 Å². The molecule has 8 nitrogen and oxygen atoms in total. The van der Waals surface area contributed by atoms with Crippen molar-refractivity contribution in [2.45, 2.75) is 26.4 Å². The van der Waals surface area contributed by atoms with Crippen molar-refractivity contribution in [3.63, 3.8) is 0 Å². The molecule has 28 heavy (non-hydrogen) atoms. The van der Waals surface area contributed by atoms with Gasteiger partial charge >= 0.3 is 12.1 Å². The molecule has 0 aliphatic rings. The smallest absolute Gasteiger partial charge is 0.415 e. The lowest BCUT2D eigenvalue weighted by Crippen LogP contribution is -2.35. The summed E-state index contributed by atoms with van der Waals surface area (Å²) in [6.45, 7) is 5.26. The van der Waals surface area contributed by atoms with Crippen molar-refractivity contribution in [3.8, 4) is 11.1 Å². The number of carboxylic acid groups (broad SMARTS) is 1. The average molecular weight is 403 g/mol. The molecule has 2 aromatic heterocycles. The van der Waals surface area contributed by atoms with E-state index in [1.807, 2.05) is 30.3 Å². The number of ether oxygens (including phenoxy) is 1. The molecule has 1 aromatic carbocycles. The summed E-state index contributed by atoms with van der Waals surface area (Å²) in [7, 11) is 1.51. The Morgan fingerprint density at radius 1 is 1.21 bits per heavy atom. The number of fused-ring (bicyclic) bond motifs is 1. The molecule has 3 aromatic rings. The Hall–Kier alpha value is -3.13. The molecule has 0 spiro atoms. The van der Waals surface area contributed by atoms with E-state index in [1.54, 1.807) is 20.8 Å². The minimum atomic E-state index is -1.20. The number of amides is 1. The topological polar surface area (TPSA) is 97.0 Å². The van der Waals surface area contributed by atoms with Crippen molar-refractivity contribution >= 4 is 35.1 Å². The summed E-state index contributed by atoms with van der Waals surface area (Å²) >= 11 is 6.43. The molecule has 0 saturated heterocycles. The lowest BCUT2D eigenvalue weighted by molar-refractivity contribution is 0.0587. The molecular formula is C19H19ClN4O4. The fourth-order valence-corrected chi connectivity index (χ4v) is 2.96. The van der Waals surface area contributed by atoms with Gasteiger partial charge in [0.1, 0.15) is 16.3 Å². The van der Waals surface area contributed by atoms with E-state index >= 15 is 0 Å². The van der Waals surface area contributed by atoms with Crippen molar-refractivity contribution in [3.05, 3.63) is 47.2 Å². The fourth-order valence-electron chi connectivity index (χ4n) is 2.68. The second-order valence-corrected chi connectivity index (χ2v) is 7.46. The largest absolute Gasteiger partial charge is 0.477 e. The van der Waals surface area contributed by atoms with Crippen molar-refractivity contribution in [2.75, 3.05) is 11.9 Å². The number of carbonyl (C=O) groups is 2. The molecule has 2 heterocycles. The molecule has 9 heteroatoms. The maximum Gasteiger partial charge on any atom is 0.415 e. The first-order valence-corrected chi connectivity index (χ1v) is 8.80. The number of nitrogens with zero attached hydrogens (tertiary/aromatic N) is 4. The van der Waals surface area contributed by atoms with E-state index in [0.29, 0.717) is 11.1 Å². The standard InChI is InChI=1S/C19H19ClN4O4/c1-19(2,3)28-18(27)23(4)16-13(11-8-6-5-7-9-11)14(20)22-15-12(17(25)26)10-21-24(15)16/h5-10H,1-4H3,(H,25,26). The third-order valence-electron chi connectivity index (χ3n) is 3.86. The van der Waals surface area contributed by atoms with Crippen LogP contribution in [0.15, 0.2) is 36.5 Å². The Morgan fingerprint density at radius 2 is 1.86 bits per heavy atom. The molecule has 0 fully saturated rings. The van der Waals surface area contributed by atoms with E-state index in [4.69, 9.17) is 16.3 Å². The predicted octanol–water partition coefficient (Wildman–Crippen LogP) is 4.12. The highest BCUT2D eigenvalue weighted by Crippen LogP contribution is 2.37. The van der Waals surface area contributed by atoms with Crippen LogP contribution < -0.4 is 4.90 Å². The molecule has 0 unspecified atom stereocenters. The second-order valence-electron chi connectivity index (χ2n) is 7.11. The van der Waals surface area contributed by atoms with Gasteiger partial charge < -0.3 is 9.84 Å². The Kier molecular flexibility index (Phi) is 4.99. The van der Waals surface area contributed by atoms with Crippen LogP contribution in [-0.4, -0.2) is 44.4 Å².